The molecule has 0 bridgehead atoms. The summed E-state index contributed by atoms with van der Waals surface area (Å²) in [6, 6.07) is 5.67. The van der Waals surface area contributed by atoms with Gasteiger partial charge in [0.15, 0.2) is 0 Å². The third-order valence-corrected chi connectivity index (χ3v) is 5.83. The highest BCUT2D eigenvalue weighted by molar-refractivity contribution is 6.31. The van der Waals surface area contributed by atoms with Gasteiger partial charge in [0.25, 0.3) is 5.91 Å². The lowest BCUT2D eigenvalue weighted by Crippen LogP contribution is -2.45. The molecule has 4 rings (SSSR count). The van der Waals surface area contributed by atoms with Crippen LogP contribution in [0.1, 0.15) is 34.5 Å². The third-order valence-electron chi connectivity index (χ3n) is 5.52. The summed E-state index contributed by atoms with van der Waals surface area (Å²) in [5.74, 6) is -0.317. The number of hydrogen-bond donors (Lipinski definition) is 0. The van der Waals surface area contributed by atoms with Crippen molar-refractivity contribution in [2.24, 2.45) is 0 Å². The lowest BCUT2D eigenvalue weighted by Gasteiger charge is -2.36. The number of carbonyl (C=O) groups excluding carboxylic acids is 1. The standard InChI is InChI=1S/C22H18ClF4N5O/c23-17-12-30-14(10-16(17)22(25,26)27)11-21(24)4-8-32(9-5-21)20(33)15-2-1-6-29-19(15)18-3-7-28-13-31-18/h1-3,6-7,10,12-13H,4-5,8-9,11H2. The van der Waals surface area contributed by atoms with Crippen LogP contribution in [0.5, 0.6) is 0 Å². The Hall–Kier alpha value is -3.14. The van der Waals surface area contributed by atoms with E-state index < -0.39 is 22.4 Å². The summed E-state index contributed by atoms with van der Waals surface area (Å²) in [6.45, 7) is 0.209. The molecule has 0 N–H and O–H groups in total. The lowest BCUT2D eigenvalue weighted by atomic mass is 9.88. The van der Waals surface area contributed by atoms with Gasteiger partial charge in [0, 0.05) is 43.8 Å². The second-order valence-electron chi connectivity index (χ2n) is 7.77. The Morgan fingerprint density at radius 1 is 1.12 bits per heavy atom. The molecule has 0 saturated carbocycles. The SMILES string of the molecule is O=C(c1cccnc1-c1ccncn1)N1CCC(F)(Cc2cc(C(F)(F)F)c(Cl)cn2)CC1. The number of hydrogen-bond acceptors (Lipinski definition) is 5. The zero-order valence-electron chi connectivity index (χ0n) is 17.2. The highest BCUT2D eigenvalue weighted by Crippen LogP contribution is 2.36. The number of nitrogens with zero attached hydrogens (tertiary/aromatic N) is 5. The van der Waals surface area contributed by atoms with E-state index in [1.807, 2.05) is 0 Å². The number of piperidine rings is 1. The van der Waals surface area contributed by atoms with E-state index in [4.69, 9.17) is 11.6 Å². The van der Waals surface area contributed by atoms with Crippen molar-refractivity contribution < 1.29 is 22.4 Å². The molecule has 0 unspecified atom stereocenters. The van der Waals surface area contributed by atoms with E-state index in [1.165, 1.54) is 11.2 Å². The van der Waals surface area contributed by atoms with Crippen LogP contribution >= 0.6 is 11.6 Å². The first-order chi connectivity index (χ1) is 15.7. The van der Waals surface area contributed by atoms with Crippen molar-refractivity contribution in [3.63, 3.8) is 0 Å². The zero-order chi connectivity index (χ0) is 23.6. The maximum absolute atomic E-state index is 15.4. The fourth-order valence-corrected chi connectivity index (χ4v) is 4.00. The minimum absolute atomic E-state index is 0.0342. The van der Waals surface area contributed by atoms with Crippen LogP contribution in [-0.2, 0) is 12.6 Å². The molecule has 6 nitrogen and oxygen atoms in total. The van der Waals surface area contributed by atoms with Crippen LogP contribution in [0.25, 0.3) is 11.4 Å². The van der Waals surface area contributed by atoms with Crippen LogP contribution in [0.2, 0.25) is 5.02 Å². The summed E-state index contributed by atoms with van der Waals surface area (Å²) in [7, 11) is 0. The highest BCUT2D eigenvalue weighted by atomic mass is 35.5. The van der Waals surface area contributed by atoms with E-state index in [-0.39, 0.29) is 44.0 Å². The van der Waals surface area contributed by atoms with Crippen LogP contribution < -0.4 is 0 Å². The van der Waals surface area contributed by atoms with E-state index in [0.29, 0.717) is 17.0 Å². The van der Waals surface area contributed by atoms with E-state index in [0.717, 1.165) is 12.3 Å². The van der Waals surface area contributed by atoms with E-state index in [9.17, 15) is 18.0 Å². The zero-order valence-corrected chi connectivity index (χ0v) is 17.9. The second kappa shape index (κ2) is 9.01. The minimum Gasteiger partial charge on any atom is -0.338 e. The molecule has 172 valence electrons. The Bertz CT molecular complexity index is 1150. The van der Waals surface area contributed by atoms with Gasteiger partial charge in [0.05, 0.1) is 21.8 Å². The van der Waals surface area contributed by atoms with Crippen molar-refractivity contribution in [1.82, 2.24) is 24.8 Å². The van der Waals surface area contributed by atoms with Crippen LogP contribution in [0.15, 0.2) is 49.2 Å². The van der Waals surface area contributed by atoms with E-state index >= 15 is 4.39 Å². The second-order valence-corrected chi connectivity index (χ2v) is 8.17. The fraction of sp³-hybridized carbons (Fsp3) is 0.318. The molecule has 4 heterocycles. The number of carbonyl (C=O) groups is 1. The Labute approximate surface area is 191 Å². The fourth-order valence-electron chi connectivity index (χ4n) is 3.79. The molecule has 3 aromatic heterocycles. The number of alkyl halides is 4. The average molecular weight is 480 g/mol. The monoisotopic (exact) mass is 479 g/mol. The topological polar surface area (TPSA) is 71.9 Å². The van der Waals surface area contributed by atoms with Gasteiger partial charge in [-0.1, -0.05) is 11.6 Å². The summed E-state index contributed by atoms with van der Waals surface area (Å²) >= 11 is 5.59. The Morgan fingerprint density at radius 2 is 1.88 bits per heavy atom. The molecule has 1 amide bonds. The molecule has 0 spiro atoms. The molecule has 33 heavy (non-hydrogen) atoms. The molecular weight excluding hydrogens is 462 g/mol. The largest absolute Gasteiger partial charge is 0.417 e. The van der Waals surface area contributed by atoms with Gasteiger partial charge in [0.1, 0.15) is 17.7 Å². The number of amides is 1. The van der Waals surface area contributed by atoms with E-state index in [2.05, 4.69) is 19.9 Å². The first-order valence-corrected chi connectivity index (χ1v) is 10.5. The molecular formula is C22H18ClF4N5O. The van der Waals surface area contributed by atoms with Crippen LogP contribution in [0.4, 0.5) is 17.6 Å². The Balaban J connectivity index is 1.47. The molecule has 3 aromatic rings. The van der Waals surface area contributed by atoms with Gasteiger partial charge in [-0.3, -0.25) is 14.8 Å². The number of rotatable bonds is 4. The average Bonchev–Trinajstić information content (AvgIpc) is 2.80. The van der Waals surface area contributed by atoms with Crippen molar-refractivity contribution in [3.05, 3.63) is 71.0 Å². The van der Waals surface area contributed by atoms with E-state index in [1.54, 1.807) is 30.6 Å². The van der Waals surface area contributed by atoms with Crippen molar-refractivity contribution in [2.75, 3.05) is 13.1 Å². The normalized spacial score (nSPS) is 16.0. The van der Waals surface area contributed by atoms with Crippen molar-refractivity contribution in [3.8, 4) is 11.4 Å². The highest BCUT2D eigenvalue weighted by Gasteiger charge is 2.39. The predicted octanol–water partition coefficient (Wildman–Crippen LogP) is 4.79. The molecule has 1 saturated heterocycles. The molecule has 0 radical (unpaired) electrons. The number of halogens is 5. The first-order valence-electron chi connectivity index (χ1n) is 10.1. The van der Waals surface area contributed by atoms with Gasteiger partial charge in [-0.25, -0.2) is 14.4 Å². The quantitative estimate of drug-likeness (QED) is 0.503. The van der Waals surface area contributed by atoms with Gasteiger partial charge >= 0.3 is 6.18 Å². The summed E-state index contributed by atoms with van der Waals surface area (Å²) in [6.07, 6.45) is 0.308. The van der Waals surface area contributed by atoms with Crippen LogP contribution in [0.3, 0.4) is 0 Å². The van der Waals surface area contributed by atoms with Crippen molar-refractivity contribution >= 4 is 17.5 Å². The lowest BCUT2D eigenvalue weighted by molar-refractivity contribution is -0.137. The molecule has 11 heteroatoms. The maximum atomic E-state index is 15.4. The molecule has 1 aliphatic rings. The Morgan fingerprint density at radius 3 is 2.55 bits per heavy atom. The summed E-state index contributed by atoms with van der Waals surface area (Å²) in [5.41, 5.74) is -1.65. The number of pyridine rings is 2. The molecule has 1 aliphatic heterocycles. The van der Waals surface area contributed by atoms with Crippen LogP contribution in [-0.4, -0.2) is 49.5 Å². The molecule has 0 atom stereocenters. The van der Waals surface area contributed by atoms with Crippen molar-refractivity contribution in [2.45, 2.75) is 31.1 Å². The summed E-state index contributed by atoms with van der Waals surface area (Å²) < 4.78 is 54.7. The number of aromatic nitrogens is 4. The molecule has 0 aliphatic carbocycles. The van der Waals surface area contributed by atoms with Gasteiger partial charge in [-0.2, -0.15) is 13.2 Å². The Kier molecular flexibility index (Phi) is 6.29. The van der Waals surface area contributed by atoms with Gasteiger partial charge in [-0.05, 0) is 37.1 Å². The smallest absolute Gasteiger partial charge is 0.338 e. The van der Waals surface area contributed by atoms with Crippen molar-refractivity contribution in [1.29, 1.82) is 0 Å². The summed E-state index contributed by atoms with van der Waals surface area (Å²) in [4.78, 5) is 30.8. The predicted molar refractivity (Wildman–Crippen MR) is 112 cm³/mol. The van der Waals surface area contributed by atoms with Gasteiger partial charge in [0.2, 0.25) is 0 Å². The molecule has 1 fully saturated rings. The summed E-state index contributed by atoms with van der Waals surface area (Å²) in [5, 5.41) is -0.532. The maximum Gasteiger partial charge on any atom is 0.417 e. The van der Waals surface area contributed by atoms with Crippen LogP contribution in [0, 0.1) is 0 Å². The number of likely N-dealkylation sites (tertiary alicyclic amines) is 1. The van der Waals surface area contributed by atoms with Gasteiger partial charge in [-0.15, -0.1) is 0 Å². The molecule has 0 aromatic carbocycles. The third kappa shape index (κ3) is 5.11. The first kappa shape index (κ1) is 23.0. The minimum atomic E-state index is -4.65. The van der Waals surface area contributed by atoms with Gasteiger partial charge < -0.3 is 4.90 Å².